The van der Waals surface area contributed by atoms with Crippen LogP contribution < -0.4 is 14.5 Å². The highest BCUT2D eigenvalue weighted by molar-refractivity contribution is 6.23. The summed E-state index contributed by atoms with van der Waals surface area (Å²) in [7, 11) is 0. The normalized spacial score (nSPS) is 12.7. The Labute approximate surface area is 392 Å². The van der Waals surface area contributed by atoms with E-state index < -0.39 is 0 Å². The van der Waals surface area contributed by atoms with Crippen molar-refractivity contribution in [3.63, 3.8) is 0 Å². The maximum absolute atomic E-state index is 6.92. The first-order valence-corrected chi connectivity index (χ1v) is 23.3. The van der Waals surface area contributed by atoms with Crippen LogP contribution in [0.4, 0.5) is 22.7 Å². The van der Waals surface area contributed by atoms with E-state index in [1.807, 2.05) is 12.3 Å². The third-order valence-corrected chi connectivity index (χ3v) is 14.0. The molecule has 0 spiro atoms. The minimum atomic E-state index is 0.622. The molecule has 0 N–H and O–H groups in total. The van der Waals surface area contributed by atoms with Crippen molar-refractivity contribution in [2.45, 2.75) is 13.8 Å². The van der Waals surface area contributed by atoms with Crippen molar-refractivity contribution in [1.82, 2.24) is 13.8 Å². The van der Waals surface area contributed by atoms with Crippen molar-refractivity contribution in [3.05, 3.63) is 224 Å². The van der Waals surface area contributed by atoms with E-state index in [0.717, 1.165) is 66.9 Å². The molecule has 0 amide bonds. The Balaban J connectivity index is 0.905. The van der Waals surface area contributed by atoms with E-state index in [0.29, 0.717) is 6.67 Å². The van der Waals surface area contributed by atoms with E-state index >= 15 is 0 Å². The lowest BCUT2D eigenvalue weighted by atomic mass is 9.93. The molecule has 6 heteroatoms. The molecular formula is C62H43N5O. The van der Waals surface area contributed by atoms with Gasteiger partial charge in [0.25, 0.3) is 0 Å². The van der Waals surface area contributed by atoms with Crippen LogP contribution in [-0.4, -0.2) is 20.5 Å². The van der Waals surface area contributed by atoms with Gasteiger partial charge < -0.3 is 18.9 Å². The van der Waals surface area contributed by atoms with Gasteiger partial charge in [-0.15, -0.1) is 0 Å². The lowest BCUT2D eigenvalue weighted by Gasteiger charge is -2.27. The van der Waals surface area contributed by atoms with Crippen LogP contribution in [-0.2, 0) is 0 Å². The second kappa shape index (κ2) is 14.8. The van der Waals surface area contributed by atoms with Crippen LogP contribution in [0.2, 0.25) is 0 Å². The van der Waals surface area contributed by atoms with Gasteiger partial charge in [0, 0.05) is 67.5 Å². The Kier molecular flexibility index (Phi) is 8.37. The highest BCUT2D eigenvalue weighted by Gasteiger charge is 2.31. The van der Waals surface area contributed by atoms with Gasteiger partial charge in [-0.1, -0.05) is 145 Å². The van der Waals surface area contributed by atoms with E-state index in [-0.39, 0.29) is 0 Å². The highest BCUT2D eigenvalue weighted by Crippen LogP contribution is 2.51. The third kappa shape index (κ3) is 5.74. The van der Waals surface area contributed by atoms with Crippen molar-refractivity contribution in [1.29, 1.82) is 0 Å². The van der Waals surface area contributed by atoms with Gasteiger partial charge in [0.2, 0.25) is 0 Å². The highest BCUT2D eigenvalue weighted by atomic mass is 16.5. The first-order chi connectivity index (χ1) is 33.6. The van der Waals surface area contributed by atoms with Crippen molar-refractivity contribution < 1.29 is 4.74 Å². The number of nitrogens with zero attached hydrogens (tertiary/aromatic N) is 5. The Hall–Kier alpha value is -8.87. The van der Waals surface area contributed by atoms with Crippen molar-refractivity contribution >= 4 is 88.3 Å². The zero-order chi connectivity index (χ0) is 45.0. The van der Waals surface area contributed by atoms with Crippen LogP contribution in [0.1, 0.15) is 11.1 Å². The molecule has 13 aromatic rings. The zero-order valence-corrected chi connectivity index (χ0v) is 37.6. The Morgan fingerprint density at radius 2 is 1.03 bits per heavy atom. The molecular weight excluding hydrogens is 831 g/mol. The summed E-state index contributed by atoms with van der Waals surface area (Å²) in [6.45, 7) is 4.99. The zero-order valence-electron chi connectivity index (χ0n) is 37.6. The van der Waals surface area contributed by atoms with Crippen LogP contribution in [0.15, 0.2) is 212 Å². The summed E-state index contributed by atoms with van der Waals surface area (Å²) in [4.78, 5) is 10.0. The Morgan fingerprint density at radius 1 is 0.412 bits per heavy atom. The summed E-state index contributed by atoms with van der Waals surface area (Å²) in [5.74, 6) is 1.51. The molecule has 0 unspecified atom stereocenters. The predicted molar refractivity (Wildman–Crippen MR) is 283 cm³/mol. The molecule has 1 aliphatic heterocycles. The SMILES string of the molecule is Cc1cc(C)cc(-c2cccc(-c3ccccc3)c2N2CN(c3cccc(Oc4ccc5c6cccc7c6n(c5c4)c4ncccc4c4cccc5c6ccccc6n7c54)c3)c3ccccc32)c1. The summed E-state index contributed by atoms with van der Waals surface area (Å²) in [5, 5.41) is 7.02. The molecule has 0 aliphatic carbocycles. The van der Waals surface area contributed by atoms with Gasteiger partial charge in [0.1, 0.15) is 23.8 Å². The molecule has 1 aliphatic rings. The van der Waals surface area contributed by atoms with Gasteiger partial charge in [-0.2, -0.15) is 0 Å². The van der Waals surface area contributed by atoms with Crippen molar-refractivity contribution in [3.8, 4) is 33.8 Å². The topological polar surface area (TPSA) is 37.4 Å². The average molecular weight is 874 g/mol. The molecule has 0 saturated carbocycles. The van der Waals surface area contributed by atoms with Crippen LogP contribution in [0.25, 0.3) is 87.8 Å². The number of hydrogen-bond donors (Lipinski definition) is 0. The number of benzene rings is 9. The van der Waals surface area contributed by atoms with Gasteiger partial charge >= 0.3 is 0 Å². The standard InChI is InChI=1S/C62H43N5O/c1-39-33-40(2)35-42(34-39)47-21-11-20-46(41-15-4-3-5-16-41)59(47)65-38-64(55-27-8-9-28-56(55)65)43-17-10-18-44(36-43)68-45-30-31-49-51-24-13-29-57-61(51)67(58(49)37-45)62-53(25-14-32-63-62)52-23-12-22-50-48-19-6-7-26-54(48)66(57)60(50)52/h3-37H,38H2,1-2H3. The number of aryl methyl sites for hydroxylation is 2. The molecule has 0 radical (unpaired) electrons. The second-order valence-electron chi connectivity index (χ2n) is 18.1. The average Bonchev–Trinajstić information content (AvgIpc) is 4.04. The summed E-state index contributed by atoms with van der Waals surface area (Å²) in [5.41, 5.74) is 18.4. The van der Waals surface area contributed by atoms with Gasteiger partial charge in [-0.25, -0.2) is 4.98 Å². The van der Waals surface area contributed by atoms with Gasteiger partial charge in [0.15, 0.2) is 0 Å². The fraction of sp³-hybridized carbons (Fsp3) is 0.0484. The van der Waals surface area contributed by atoms with E-state index in [9.17, 15) is 0 Å². The van der Waals surface area contributed by atoms with E-state index in [1.54, 1.807) is 0 Å². The number of fused-ring (bicyclic) bond motifs is 11. The maximum atomic E-state index is 6.92. The molecule has 0 saturated heterocycles. The quantitative estimate of drug-likeness (QED) is 0.167. The number of rotatable bonds is 6. The number of aromatic nitrogens is 3. The van der Waals surface area contributed by atoms with Crippen LogP contribution >= 0.6 is 0 Å². The number of pyridine rings is 1. The molecule has 0 bridgehead atoms. The predicted octanol–water partition coefficient (Wildman–Crippen LogP) is 16.3. The lowest BCUT2D eigenvalue weighted by Crippen LogP contribution is -2.25. The number of ether oxygens (including phenoxy) is 1. The summed E-state index contributed by atoms with van der Waals surface area (Å²) >= 11 is 0. The number of anilines is 4. The van der Waals surface area contributed by atoms with Crippen LogP contribution in [0, 0.1) is 13.8 Å². The number of hydrogen-bond acceptors (Lipinski definition) is 4. The monoisotopic (exact) mass is 873 g/mol. The molecule has 6 nitrogen and oxygen atoms in total. The van der Waals surface area contributed by atoms with Crippen LogP contribution in [0.3, 0.4) is 0 Å². The summed E-state index contributed by atoms with van der Waals surface area (Å²) in [6, 6.07) is 74.4. The minimum absolute atomic E-state index is 0.622. The fourth-order valence-electron chi connectivity index (χ4n) is 11.3. The summed E-state index contributed by atoms with van der Waals surface area (Å²) in [6.07, 6.45) is 1.91. The van der Waals surface area contributed by atoms with Crippen molar-refractivity contribution in [2.75, 3.05) is 16.5 Å². The third-order valence-electron chi connectivity index (χ3n) is 14.0. The molecule has 14 rings (SSSR count). The molecule has 5 heterocycles. The fourth-order valence-corrected chi connectivity index (χ4v) is 11.3. The number of para-hydroxylation sites is 6. The largest absolute Gasteiger partial charge is 0.457 e. The smallest absolute Gasteiger partial charge is 0.145 e. The van der Waals surface area contributed by atoms with E-state index in [2.05, 4.69) is 233 Å². The first-order valence-electron chi connectivity index (χ1n) is 23.3. The van der Waals surface area contributed by atoms with E-state index in [1.165, 1.54) is 66.3 Å². The Bertz CT molecular complexity index is 4180. The molecule has 0 atom stereocenters. The van der Waals surface area contributed by atoms with Gasteiger partial charge in [0.05, 0.1) is 44.6 Å². The maximum Gasteiger partial charge on any atom is 0.145 e. The second-order valence-corrected chi connectivity index (χ2v) is 18.1. The molecule has 322 valence electrons. The molecule has 68 heavy (non-hydrogen) atoms. The molecule has 9 aromatic carbocycles. The molecule has 4 aromatic heterocycles. The summed E-state index contributed by atoms with van der Waals surface area (Å²) < 4.78 is 11.7. The Morgan fingerprint density at radius 3 is 1.87 bits per heavy atom. The van der Waals surface area contributed by atoms with Gasteiger partial charge in [-0.05, 0) is 85.6 Å². The lowest BCUT2D eigenvalue weighted by molar-refractivity contribution is 0.483. The van der Waals surface area contributed by atoms with Gasteiger partial charge in [-0.3, -0.25) is 4.40 Å². The first kappa shape index (κ1) is 38.4. The van der Waals surface area contributed by atoms with E-state index in [4.69, 9.17) is 9.72 Å². The van der Waals surface area contributed by atoms with Crippen molar-refractivity contribution in [2.24, 2.45) is 0 Å². The molecule has 0 fully saturated rings. The van der Waals surface area contributed by atoms with Crippen LogP contribution in [0.5, 0.6) is 11.5 Å². The minimum Gasteiger partial charge on any atom is -0.457 e.